The lowest BCUT2D eigenvalue weighted by Gasteiger charge is -2.28. The summed E-state index contributed by atoms with van der Waals surface area (Å²) in [5.41, 5.74) is 1.29. The van der Waals surface area contributed by atoms with Crippen LogP contribution in [0.5, 0.6) is 0 Å². The van der Waals surface area contributed by atoms with E-state index >= 15 is 0 Å². The summed E-state index contributed by atoms with van der Waals surface area (Å²) in [4.78, 5) is 0. The molecule has 1 aromatic heterocycles. The molecule has 0 aliphatic carbocycles. The van der Waals surface area contributed by atoms with Gasteiger partial charge >= 0.3 is 0 Å². The Kier molecular flexibility index (Phi) is 1.94. The van der Waals surface area contributed by atoms with E-state index in [0.29, 0.717) is 23.8 Å². The Balaban J connectivity index is 2.33. The van der Waals surface area contributed by atoms with Gasteiger partial charge in [0.05, 0.1) is 11.7 Å². The van der Waals surface area contributed by atoms with Crippen molar-refractivity contribution in [3.8, 4) is 0 Å². The van der Waals surface area contributed by atoms with E-state index in [1.54, 1.807) is 0 Å². The van der Waals surface area contributed by atoms with Crippen LogP contribution in [-0.2, 0) is 0 Å². The molecule has 0 fully saturated rings. The molecule has 13 heavy (non-hydrogen) atoms. The summed E-state index contributed by atoms with van der Waals surface area (Å²) < 4.78 is 2.14. The van der Waals surface area contributed by atoms with Crippen LogP contribution in [0.3, 0.4) is 0 Å². The first-order valence-electron chi connectivity index (χ1n) is 5.16. The van der Waals surface area contributed by atoms with Crippen LogP contribution in [-0.4, -0.2) is 9.78 Å². The van der Waals surface area contributed by atoms with Crippen molar-refractivity contribution >= 4 is 0 Å². The zero-order valence-corrected chi connectivity index (χ0v) is 8.86. The van der Waals surface area contributed by atoms with Gasteiger partial charge in [-0.2, -0.15) is 5.10 Å². The highest BCUT2D eigenvalue weighted by Gasteiger charge is 2.37. The summed E-state index contributed by atoms with van der Waals surface area (Å²) in [6, 6.07) is 2.75. The van der Waals surface area contributed by atoms with Crippen LogP contribution in [0.2, 0.25) is 0 Å². The Morgan fingerprint density at radius 2 is 1.92 bits per heavy atom. The number of hydrogen-bond acceptors (Lipinski definition) is 1. The fourth-order valence-electron chi connectivity index (χ4n) is 2.49. The molecule has 2 heterocycles. The van der Waals surface area contributed by atoms with Crippen molar-refractivity contribution in [2.75, 3.05) is 0 Å². The second kappa shape index (κ2) is 2.86. The molecule has 2 bridgehead atoms. The van der Waals surface area contributed by atoms with E-state index in [1.165, 1.54) is 5.69 Å². The van der Waals surface area contributed by atoms with Crippen molar-refractivity contribution in [2.45, 2.75) is 39.7 Å². The van der Waals surface area contributed by atoms with Gasteiger partial charge in [0.1, 0.15) is 0 Å². The summed E-state index contributed by atoms with van der Waals surface area (Å²) in [6.07, 6.45) is 2.11. The second-order valence-electron chi connectivity index (χ2n) is 4.73. The van der Waals surface area contributed by atoms with E-state index in [9.17, 15) is 0 Å². The molecule has 72 valence electrons. The lowest BCUT2D eigenvalue weighted by molar-refractivity contribution is 0.278. The summed E-state index contributed by atoms with van der Waals surface area (Å²) >= 11 is 0. The number of rotatable bonds is 2. The first-order chi connectivity index (χ1) is 6.11. The standard InChI is InChI=1S/C11H18N2/c1-7(2)10-9-5-6-13(12-9)11(10)8(3)4/h5-8,10-11H,1-4H3. The highest BCUT2D eigenvalue weighted by atomic mass is 15.3. The summed E-state index contributed by atoms with van der Waals surface area (Å²) in [5, 5.41) is 4.54. The monoisotopic (exact) mass is 178 g/mol. The second-order valence-corrected chi connectivity index (χ2v) is 4.73. The maximum absolute atomic E-state index is 4.54. The summed E-state index contributed by atoms with van der Waals surface area (Å²) in [5.74, 6) is 2.02. The lowest BCUT2D eigenvalue weighted by atomic mass is 9.81. The molecular weight excluding hydrogens is 160 g/mol. The highest BCUT2D eigenvalue weighted by Crippen LogP contribution is 2.43. The number of nitrogens with zero attached hydrogens (tertiary/aromatic N) is 2. The smallest absolute Gasteiger partial charge is 0.0679 e. The Bertz CT molecular complexity index is 270. The average molecular weight is 178 g/mol. The van der Waals surface area contributed by atoms with Crippen LogP contribution >= 0.6 is 0 Å². The minimum Gasteiger partial charge on any atom is -0.268 e. The Morgan fingerprint density at radius 3 is 2.38 bits per heavy atom. The molecule has 2 heteroatoms. The molecule has 0 saturated heterocycles. The fraction of sp³-hybridized carbons (Fsp3) is 0.727. The topological polar surface area (TPSA) is 17.8 Å². The van der Waals surface area contributed by atoms with Crippen molar-refractivity contribution in [3.05, 3.63) is 18.0 Å². The van der Waals surface area contributed by atoms with E-state index in [2.05, 4.69) is 49.7 Å². The molecule has 1 aliphatic rings. The van der Waals surface area contributed by atoms with E-state index in [1.807, 2.05) is 0 Å². The average Bonchev–Trinajstić information content (AvgIpc) is 2.60. The van der Waals surface area contributed by atoms with Crippen molar-refractivity contribution in [3.63, 3.8) is 0 Å². The third kappa shape index (κ3) is 1.19. The number of hydrogen-bond donors (Lipinski definition) is 0. The summed E-state index contributed by atoms with van der Waals surface area (Å²) in [6.45, 7) is 9.14. The van der Waals surface area contributed by atoms with Gasteiger partial charge in [0.15, 0.2) is 0 Å². The van der Waals surface area contributed by atoms with E-state index in [-0.39, 0.29) is 0 Å². The normalized spacial score (nSPS) is 26.3. The van der Waals surface area contributed by atoms with Gasteiger partial charge in [-0.05, 0) is 17.9 Å². The molecule has 0 saturated carbocycles. The van der Waals surface area contributed by atoms with Crippen molar-refractivity contribution in [1.82, 2.24) is 9.78 Å². The molecule has 2 rings (SSSR count). The number of aromatic nitrogens is 2. The minimum atomic E-state index is 0.597. The first kappa shape index (κ1) is 8.79. The molecule has 0 amide bonds. The highest BCUT2D eigenvalue weighted by molar-refractivity contribution is 5.17. The van der Waals surface area contributed by atoms with Crippen molar-refractivity contribution < 1.29 is 0 Å². The van der Waals surface area contributed by atoms with Gasteiger partial charge in [-0.25, -0.2) is 0 Å². The maximum atomic E-state index is 4.54. The quantitative estimate of drug-likeness (QED) is 0.681. The Morgan fingerprint density at radius 1 is 1.23 bits per heavy atom. The number of fused-ring (bicyclic) bond motifs is 2. The summed E-state index contributed by atoms with van der Waals surface area (Å²) in [7, 11) is 0. The van der Waals surface area contributed by atoms with Crippen LogP contribution in [0.1, 0.15) is 45.3 Å². The SMILES string of the molecule is CC(C)C1c2ccn(n2)C1C(C)C. The molecule has 2 atom stereocenters. The van der Waals surface area contributed by atoms with Gasteiger partial charge in [-0.3, -0.25) is 4.68 Å². The molecule has 0 radical (unpaired) electrons. The van der Waals surface area contributed by atoms with Crippen LogP contribution in [0, 0.1) is 11.8 Å². The molecule has 0 aromatic carbocycles. The van der Waals surface area contributed by atoms with E-state index in [4.69, 9.17) is 0 Å². The van der Waals surface area contributed by atoms with Gasteiger partial charge in [-0.15, -0.1) is 0 Å². The van der Waals surface area contributed by atoms with Gasteiger partial charge < -0.3 is 0 Å². The third-order valence-electron chi connectivity index (χ3n) is 3.05. The van der Waals surface area contributed by atoms with Crippen LogP contribution < -0.4 is 0 Å². The fourth-order valence-corrected chi connectivity index (χ4v) is 2.49. The van der Waals surface area contributed by atoms with Crippen molar-refractivity contribution in [2.24, 2.45) is 11.8 Å². The van der Waals surface area contributed by atoms with Crippen LogP contribution in [0.15, 0.2) is 12.3 Å². The predicted molar refractivity (Wildman–Crippen MR) is 53.7 cm³/mol. The molecule has 2 unspecified atom stereocenters. The van der Waals surface area contributed by atoms with Crippen molar-refractivity contribution in [1.29, 1.82) is 0 Å². The third-order valence-corrected chi connectivity index (χ3v) is 3.05. The molecule has 1 aromatic rings. The van der Waals surface area contributed by atoms with Gasteiger partial charge in [0.2, 0.25) is 0 Å². The molecule has 0 N–H and O–H groups in total. The molecule has 1 aliphatic heterocycles. The zero-order valence-electron chi connectivity index (χ0n) is 8.86. The Labute approximate surface area is 80.0 Å². The minimum absolute atomic E-state index is 0.597. The van der Waals surface area contributed by atoms with E-state index in [0.717, 1.165) is 0 Å². The van der Waals surface area contributed by atoms with Gasteiger partial charge in [0, 0.05) is 12.1 Å². The first-order valence-corrected chi connectivity index (χ1v) is 5.16. The molecular formula is C11H18N2. The predicted octanol–water partition coefficient (Wildman–Crippen LogP) is 2.83. The van der Waals surface area contributed by atoms with E-state index < -0.39 is 0 Å². The van der Waals surface area contributed by atoms with Gasteiger partial charge in [0.25, 0.3) is 0 Å². The van der Waals surface area contributed by atoms with Crippen LogP contribution in [0.4, 0.5) is 0 Å². The molecule has 0 spiro atoms. The Hall–Kier alpha value is -0.790. The zero-order chi connectivity index (χ0) is 9.59. The largest absolute Gasteiger partial charge is 0.268 e. The lowest BCUT2D eigenvalue weighted by Crippen LogP contribution is -2.22. The van der Waals surface area contributed by atoms with Crippen LogP contribution in [0.25, 0.3) is 0 Å². The van der Waals surface area contributed by atoms with Gasteiger partial charge in [-0.1, -0.05) is 27.7 Å². The maximum Gasteiger partial charge on any atom is 0.0679 e. The molecule has 2 nitrogen and oxygen atoms in total.